The zero-order chi connectivity index (χ0) is 18.1. The van der Waals surface area contributed by atoms with Crippen LogP contribution in [0.4, 0.5) is 0 Å². The van der Waals surface area contributed by atoms with Crippen LogP contribution in [0, 0.1) is 6.92 Å². The number of hydrogen-bond donors (Lipinski definition) is 0. The Morgan fingerprint density at radius 3 is 2.92 bits per heavy atom. The van der Waals surface area contributed by atoms with Crippen LogP contribution in [-0.4, -0.2) is 37.3 Å². The van der Waals surface area contributed by atoms with Crippen molar-refractivity contribution in [2.24, 2.45) is 7.05 Å². The first-order chi connectivity index (χ1) is 12.6. The van der Waals surface area contributed by atoms with Crippen LogP contribution in [0.25, 0.3) is 11.5 Å². The van der Waals surface area contributed by atoms with E-state index in [-0.39, 0.29) is 11.9 Å². The van der Waals surface area contributed by atoms with Gasteiger partial charge in [0.2, 0.25) is 0 Å². The van der Waals surface area contributed by atoms with E-state index < -0.39 is 0 Å². The molecule has 0 bridgehead atoms. The molecule has 0 N–H and O–H groups in total. The predicted octanol–water partition coefficient (Wildman–Crippen LogP) is 3.13. The Labute approximate surface area is 150 Å². The van der Waals surface area contributed by atoms with E-state index in [1.54, 1.807) is 30.1 Å². The number of carbonyl (C=O) groups excluding carboxylic acids is 1. The van der Waals surface area contributed by atoms with Crippen molar-refractivity contribution in [1.82, 2.24) is 24.8 Å². The van der Waals surface area contributed by atoms with Crippen LogP contribution in [0.1, 0.15) is 53.7 Å². The number of furan rings is 1. The molecule has 8 nitrogen and oxygen atoms in total. The summed E-state index contributed by atoms with van der Waals surface area (Å²) in [6.07, 6.45) is 8.93. The molecule has 0 spiro atoms. The second-order valence-corrected chi connectivity index (χ2v) is 6.61. The molecule has 1 fully saturated rings. The van der Waals surface area contributed by atoms with E-state index >= 15 is 0 Å². The molecule has 4 rings (SSSR count). The number of likely N-dealkylation sites (tertiary alicyclic amines) is 1. The van der Waals surface area contributed by atoms with Crippen LogP contribution in [0.5, 0.6) is 0 Å². The molecule has 1 aliphatic heterocycles. The van der Waals surface area contributed by atoms with Crippen molar-refractivity contribution < 1.29 is 13.7 Å². The molecule has 1 aliphatic rings. The SMILES string of the molecule is Cc1occc1C(=O)N1CCCCCC1c1noc(-c2cnn(C)c2)n1. The first-order valence-electron chi connectivity index (χ1n) is 8.81. The zero-order valence-corrected chi connectivity index (χ0v) is 14.9. The number of hydrogen-bond acceptors (Lipinski definition) is 6. The molecule has 0 aliphatic carbocycles. The van der Waals surface area contributed by atoms with Gasteiger partial charge in [-0.2, -0.15) is 10.1 Å². The van der Waals surface area contributed by atoms with Crippen LogP contribution in [0.15, 0.2) is 33.7 Å². The Kier molecular flexibility index (Phi) is 4.32. The molecule has 1 amide bonds. The highest BCUT2D eigenvalue weighted by Crippen LogP contribution is 2.31. The molecule has 4 heterocycles. The maximum absolute atomic E-state index is 13.1. The van der Waals surface area contributed by atoms with Gasteiger partial charge in [-0.3, -0.25) is 9.48 Å². The minimum Gasteiger partial charge on any atom is -0.469 e. The first kappa shape index (κ1) is 16.6. The molecule has 1 unspecified atom stereocenters. The molecule has 136 valence electrons. The van der Waals surface area contributed by atoms with E-state index in [4.69, 9.17) is 8.94 Å². The molecule has 3 aromatic rings. The Morgan fingerprint density at radius 1 is 1.31 bits per heavy atom. The molecule has 0 radical (unpaired) electrons. The Bertz CT molecular complexity index is 909. The molecule has 0 aromatic carbocycles. The lowest BCUT2D eigenvalue weighted by molar-refractivity contribution is 0.0668. The normalized spacial score (nSPS) is 18.1. The van der Waals surface area contributed by atoms with E-state index in [0.717, 1.165) is 31.2 Å². The lowest BCUT2D eigenvalue weighted by Gasteiger charge is -2.27. The van der Waals surface area contributed by atoms with Gasteiger partial charge in [0.1, 0.15) is 5.76 Å². The summed E-state index contributed by atoms with van der Waals surface area (Å²) in [6, 6.07) is 1.52. The van der Waals surface area contributed by atoms with Gasteiger partial charge in [-0.15, -0.1) is 0 Å². The third kappa shape index (κ3) is 3.02. The molecule has 0 saturated carbocycles. The average Bonchev–Trinajstić information content (AvgIpc) is 3.33. The van der Waals surface area contributed by atoms with Crippen molar-refractivity contribution in [3.05, 3.63) is 41.9 Å². The van der Waals surface area contributed by atoms with Gasteiger partial charge in [0, 0.05) is 19.8 Å². The Morgan fingerprint density at radius 2 is 2.19 bits per heavy atom. The fourth-order valence-electron chi connectivity index (χ4n) is 3.40. The highest BCUT2D eigenvalue weighted by atomic mass is 16.5. The summed E-state index contributed by atoms with van der Waals surface area (Å²) in [7, 11) is 1.83. The van der Waals surface area contributed by atoms with Crippen molar-refractivity contribution in [3.8, 4) is 11.5 Å². The van der Waals surface area contributed by atoms with E-state index in [1.807, 2.05) is 18.1 Å². The van der Waals surface area contributed by atoms with Crippen LogP contribution in [0.2, 0.25) is 0 Å². The molecule has 26 heavy (non-hydrogen) atoms. The molecule has 1 atom stereocenters. The van der Waals surface area contributed by atoms with Crippen molar-refractivity contribution in [2.75, 3.05) is 6.54 Å². The van der Waals surface area contributed by atoms with Crippen molar-refractivity contribution in [1.29, 1.82) is 0 Å². The second-order valence-electron chi connectivity index (χ2n) is 6.61. The maximum atomic E-state index is 13.1. The number of nitrogens with zero attached hydrogens (tertiary/aromatic N) is 5. The van der Waals surface area contributed by atoms with E-state index in [9.17, 15) is 4.79 Å². The average molecular weight is 355 g/mol. The van der Waals surface area contributed by atoms with E-state index in [2.05, 4.69) is 15.2 Å². The fourth-order valence-corrected chi connectivity index (χ4v) is 3.40. The second kappa shape index (κ2) is 6.78. The molecule has 3 aromatic heterocycles. The van der Waals surface area contributed by atoms with Gasteiger partial charge < -0.3 is 13.8 Å². The minimum absolute atomic E-state index is 0.0455. The summed E-state index contributed by atoms with van der Waals surface area (Å²) >= 11 is 0. The largest absolute Gasteiger partial charge is 0.469 e. The van der Waals surface area contributed by atoms with Crippen molar-refractivity contribution in [2.45, 2.75) is 38.6 Å². The lowest BCUT2D eigenvalue weighted by atomic mass is 10.1. The summed E-state index contributed by atoms with van der Waals surface area (Å²) < 4.78 is 12.4. The fraction of sp³-hybridized carbons (Fsp3) is 0.444. The Hall–Kier alpha value is -2.90. The number of aryl methyl sites for hydroxylation is 2. The summed E-state index contributed by atoms with van der Waals surface area (Å²) in [6.45, 7) is 2.47. The standard InChI is InChI=1S/C18H21N5O3/c1-12-14(7-9-25-12)18(24)23-8-5-3-4-6-15(23)16-20-17(26-21-16)13-10-19-22(2)11-13/h7,9-11,15H,3-6,8H2,1-2H3. The van der Waals surface area contributed by atoms with Gasteiger partial charge in [0.15, 0.2) is 5.82 Å². The number of rotatable bonds is 3. The highest BCUT2D eigenvalue weighted by Gasteiger charge is 2.32. The summed E-state index contributed by atoms with van der Waals surface area (Å²) in [4.78, 5) is 19.5. The topological polar surface area (TPSA) is 90.2 Å². The van der Waals surface area contributed by atoms with Gasteiger partial charge in [-0.1, -0.05) is 18.0 Å². The van der Waals surface area contributed by atoms with Crippen LogP contribution < -0.4 is 0 Å². The molecular formula is C18H21N5O3. The maximum Gasteiger partial charge on any atom is 0.261 e. The first-order valence-corrected chi connectivity index (χ1v) is 8.81. The third-order valence-corrected chi connectivity index (χ3v) is 4.79. The van der Waals surface area contributed by atoms with Gasteiger partial charge in [0.25, 0.3) is 11.8 Å². The molecule has 1 saturated heterocycles. The molecule has 8 heteroatoms. The number of aromatic nitrogens is 4. The smallest absolute Gasteiger partial charge is 0.261 e. The highest BCUT2D eigenvalue weighted by molar-refractivity contribution is 5.95. The van der Waals surface area contributed by atoms with Crippen LogP contribution in [0.3, 0.4) is 0 Å². The zero-order valence-electron chi connectivity index (χ0n) is 14.9. The van der Waals surface area contributed by atoms with Crippen molar-refractivity contribution >= 4 is 5.91 Å². The monoisotopic (exact) mass is 355 g/mol. The summed E-state index contributed by atoms with van der Waals surface area (Å²) in [5.74, 6) is 1.54. The van der Waals surface area contributed by atoms with Gasteiger partial charge >= 0.3 is 0 Å². The van der Waals surface area contributed by atoms with E-state index in [1.165, 1.54) is 0 Å². The summed E-state index contributed by atoms with van der Waals surface area (Å²) in [5.41, 5.74) is 1.36. The van der Waals surface area contributed by atoms with Gasteiger partial charge in [-0.05, 0) is 25.8 Å². The van der Waals surface area contributed by atoms with Gasteiger partial charge in [-0.25, -0.2) is 0 Å². The third-order valence-electron chi connectivity index (χ3n) is 4.79. The lowest BCUT2D eigenvalue weighted by Crippen LogP contribution is -2.35. The Balaban J connectivity index is 1.65. The van der Waals surface area contributed by atoms with E-state index in [0.29, 0.717) is 29.6 Å². The number of amides is 1. The quantitative estimate of drug-likeness (QED) is 0.717. The summed E-state index contributed by atoms with van der Waals surface area (Å²) in [5, 5.41) is 8.29. The van der Waals surface area contributed by atoms with Crippen LogP contribution >= 0.6 is 0 Å². The number of carbonyl (C=O) groups is 1. The van der Waals surface area contributed by atoms with Crippen LogP contribution in [-0.2, 0) is 7.05 Å². The predicted molar refractivity (Wildman–Crippen MR) is 92.2 cm³/mol. The minimum atomic E-state index is -0.200. The molecular weight excluding hydrogens is 334 g/mol. The van der Waals surface area contributed by atoms with Crippen molar-refractivity contribution in [3.63, 3.8) is 0 Å². The van der Waals surface area contributed by atoms with Gasteiger partial charge in [0.05, 0.1) is 29.6 Å².